The van der Waals surface area contributed by atoms with Gasteiger partial charge in [-0.15, -0.1) is 0 Å². The molecular formula is C14H24O. The second-order valence-electron chi connectivity index (χ2n) is 5.60. The third-order valence-corrected chi connectivity index (χ3v) is 4.23. The summed E-state index contributed by atoms with van der Waals surface area (Å²) >= 11 is 0. The molecule has 2 aliphatic carbocycles. The molecule has 0 aromatic rings. The van der Waals surface area contributed by atoms with Crippen molar-refractivity contribution in [3.63, 3.8) is 0 Å². The SMILES string of the molecule is O=C(CC1CCCCCC1)CC1CCC1. The van der Waals surface area contributed by atoms with E-state index >= 15 is 0 Å². The van der Waals surface area contributed by atoms with E-state index in [2.05, 4.69) is 0 Å². The lowest BCUT2D eigenvalue weighted by Crippen LogP contribution is -2.17. The van der Waals surface area contributed by atoms with Crippen LogP contribution >= 0.6 is 0 Å². The topological polar surface area (TPSA) is 17.1 Å². The summed E-state index contributed by atoms with van der Waals surface area (Å²) in [6, 6.07) is 0. The molecule has 0 N–H and O–H groups in total. The number of hydrogen-bond acceptors (Lipinski definition) is 1. The largest absolute Gasteiger partial charge is 0.300 e. The Bertz CT molecular complexity index is 197. The van der Waals surface area contributed by atoms with E-state index in [4.69, 9.17) is 0 Å². The molecule has 2 aliphatic rings. The highest BCUT2D eigenvalue weighted by Gasteiger charge is 2.22. The third-order valence-electron chi connectivity index (χ3n) is 4.23. The molecule has 0 bridgehead atoms. The maximum absolute atomic E-state index is 11.8. The zero-order chi connectivity index (χ0) is 10.5. The second kappa shape index (κ2) is 5.67. The summed E-state index contributed by atoms with van der Waals surface area (Å²) in [4.78, 5) is 11.8. The molecule has 1 heteroatoms. The van der Waals surface area contributed by atoms with Crippen molar-refractivity contribution in [3.8, 4) is 0 Å². The van der Waals surface area contributed by atoms with Gasteiger partial charge in [0.15, 0.2) is 0 Å². The molecule has 1 nitrogen and oxygen atoms in total. The Labute approximate surface area is 93.6 Å². The fourth-order valence-corrected chi connectivity index (χ4v) is 2.99. The standard InChI is InChI=1S/C14H24O/c15-14(11-13-8-5-9-13)10-12-6-3-1-2-4-7-12/h12-13H,1-11H2. The fraction of sp³-hybridized carbons (Fsp3) is 0.929. The molecule has 0 unspecified atom stereocenters. The van der Waals surface area contributed by atoms with Gasteiger partial charge in [-0.3, -0.25) is 4.79 Å². The molecule has 2 rings (SSSR count). The minimum atomic E-state index is 0.562. The Morgan fingerprint density at radius 3 is 1.60 bits per heavy atom. The predicted molar refractivity (Wildman–Crippen MR) is 62.8 cm³/mol. The summed E-state index contributed by atoms with van der Waals surface area (Å²) in [6.07, 6.45) is 13.9. The summed E-state index contributed by atoms with van der Waals surface area (Å²) in [6.45, 7) is 0. The van der Waals surface area contributed by atoms with Gasteiger partial charge in [-0.25, -0.2) is 0 Å². The zero-order valence-electron chi connectivity index (χ0n) is 9.84. The minimum absolute atomic E-state index is 0.562. The normalized spacial score (nSPS) is 24.5. The van der Waals surface area contributed by atoms with Gasteiger partial charge in [0.05, 0.1) is 0 Å². The van der Waals surface area contributed by atoms with Crippen LogP contribution in [-0.2, 0) is 4.79 Å². The van der Waals surface area contributed by atoms with Crippen LogP contribution < -0.4 is 0 Å². The van der Waals surface area contributed by atoms with E-state index in [0.29, 0.717) is 5.78 Å². The first kappa shape index (κ1) is 11.2. The number of carbonyl (C=O) groups is 1. The van der Waals surface area contributed by atoms with E-state index in [9.17, 15) is 4.79 Å². The van der Waals surface area contributed by atoms with Crippen molar-refractivity contribution >= 4 is 5.78 Å². The minimum Gasteiger partial charge on any atom is -0.300 e. The second-order valence-corrected chi connectivity index (χ2v) is 5.60. The maximum atomic E-state index is 11.8. The molecule has 0 spiro atoms. The van der Waals surface area contributed by atoms with Crippen molar-refractivity contribution in [1.82, 2.24) is 0 Å². The van der Waals surface area contributed by atoms with Crippen molar-refractivity contribution in [2.75, 3.05) is 0 Å². The Balaban J connectivity index is 1.67. The first-order chi connectivity index (χ1) is 7.34. The molecule has 86 valence electrons. The van der Waals surface area contributed by atoms with Gasteiger partial charge in [-0.1, -0.05) is 57.8 Å². The summed E-state index contributed by atoms with van der Waals surface area (Å²) < 4.78 is 0. The summed E-state index contributed by atoms with van der Waals surface area (Å²) in [7, 11) is 0. The quantitative estimate of drug-likeness (QED) is 0.635. The van der Waals surface area contributed by atoms with E-state index in [0.717, 1.165) is 24.7 Å². The van der Waals surface area contributed by atoms with Crippen molar-refractivity contribution in [2.24, 2.45) is 11.8 Å². The Morgan fingerprint density at radius 1 is 0.733 bits per heavy atom. The van der Waals surface area contributed by atoms with Crippen LogP contribution in [0.2, 0.25) is 0 Å². The van der Waals surface area contributed by atoms with Crippen LogP contribution in [0.15, 0.2) is 0 Å². The van der Waals surface area contributed by atoms with Crippen LogP contribution in [-0.4, -0.2) is 5.78 Å². The first-order valence-corrected chi connectivity index (χ1v) is 6.86. The molecule has 0 aliphatic heterocycles. The maximum Gasteiger partial charge on any atom is 0.133 e. The smallest absolute Gasteiger partial charge is 0.133 e. The molecule has 0 radical (unpaired) electrons. The van der Waals surface area contributed by atoms with E-state index in [1.165, 1.54) is 57.8 Å². The molecule has 2 fully saturated rings. The average molecular weight is 208 g/mol. The lowest BCUT2D eigenvalue weighted by Gasteiger charge is -2.25. The van der Waals surface area contributed by atoms with Gasteiger partial charge in [-0.2, -0.15) is 0 Å². The van der Waals surface area contributed by atoms with Crippen molar-refractivity contribution in [1.29, 1.82) is 0 Å². The average Bonchev–Trinajstić information content (AvgIpc) is 2.40. The van der Waals surface area contributed by atoms with E-state index in [1.54, 1.807) is 0 Å². The highest BCUT2D eigenvalue weighted by Crippen LogP contribution is 2.32. The van der Waals surface area contributed by atoms with Gasteiger partial charge < -0.3 is 0 Å². The lowest BCUT2D eigenvalue weighted by molar-refractivity contribution is -0.121. The van der Waals surface area contributed by atoms with Crippen molar-refractivity contribution in [2.45, 2.75) is 70.6 Å². The van der Waals surface area contributed by atoms with Crippen molar-refractivity contribution < 1.29 is 4.79 Å². The van der Waals surface area contributed by atoms with E-state index in [-0.39, 0.29) is 0 Å². The van der Waals surface area contributed by atoms with Crippen LogP contribution in [0, 0.1) is 11.8 Å². The first-order valence-electron chi connectivity index (χ1n) is 6.86. The van der Waals surface area contributed by atoms with Crippen LogP contribution in [0.5, 0.6) is 0 Å². The van der Waals surface area contributed by atoms with Crippen LogP contribution in [0.4, 0.5) is 0 Å². The molecule has 15 heavy (non-hydrogen) atoms. The lowest BCUT2D eigenvalue weighted by atomic mass is 9.80. The summed E-state index contributed by atoms with van der Waals surface area (Å²) in [5.74, 6) is 2.06. The van der Waals surface area contributed by atoms with Gasteiger partial charge in [0, 0.05) is 12.8 Å². The summed E-state index contributed by atoms with van der Waals surface area (Å²) in [5.41, 5.74) is 0. The molecule has 0 atom stereocenters. The molecular weight excluding hydrogens is 184 g/mol. The number of carbonyl (C=O) groups excluding carboxylic acids is 1. The molecule has 0 aromatic carbocycles. The van der Waals surface area contributed by atoms with Gasteiger partial charge in [-0.05, 0) is 11.8 Å². The Kier molecular flexibility index (Phi) is 4.22. The van der Waals surface area contributed by atoms with Crippen LogP contribution in [0.3, 0.4) is 0 Å². The molecule has 0 aromatic heterocycles. The molecule has 2 saturated carbocycles. The van der Waals surface area contributed by atoms with Gasteiger partial charge in [0.25, 0.3) is 0 Å². The van der Waals surface area contributed by atoms with Crippen LogP contribution in [0.1, 0.15) is 70.6 Å². The molecule has 0 amide bonds. The molecule has 0 heterocycles. The number of rotatable bonds is 4. The van der Waals surface area contributed by atoms with E-state index < -0.39 is 0 Å². The zero-order valence-corrected chi connectivity index (χ0v) is 9.84. The predicted octanol–water partition coefficient (Wildman–Crippen LogP) is 4.11. The summed E-state index contributed by atoms with van der Waals surface area (Å²) in [5, 5.41) is 0. The van der Waals surface area contributed by atoms with Gasteiger partial charge in [0.2, 0.25) is 0 Å². The highest BCUT2D eigenvalue weighted by atomic mass is 16.1. The van der Waals surface area contributed by atoms with Gasteiger partial charge in [0.1, 0.15) is 5.78 Å². The number of ketones is 1. The van der Waals surface area contributed by atoms with Gasteiger partial charge >= 0.3 is 0 Å². The number of hydrogen-bond donors (Lipinski definition) is 0. The Hall–Kier alpha value is -0.330. The fourth-order valence-electron chi connectivity index (χ4n) is 2.99. The third kappa shape index (κ3) is 3.62. The molecule has 0 saturated heterocycles. The highest BCUT2D eigenvalue weighted by molar-refractivity contribution is 5.78. The number of Topliss-reactive ketones (excluding diaryl/α,β-unsaturated/α-hetero) is 1. The monoisotopic (exact) mass is 208 g/mol. The van der Waals surface area contributed by atoms with Crippen LogP contribution in [0.25, 0.3) is 0 Å². The van der Waals surface area contributed by atoms with Crippen molar-refractivity contribution in [3.05, 3.63) is 0 Å². The van der Waals surface area contributed by atoms with E-state index in [1.807, 2.05) is 0 Å². The Morgan fingerprint density at radius 2 is 1.20 bits per heavy atom.